The van der Waals surface area contributed by atoms with E-state index in [1.165, 1.54) is 19.3 Å². The van der Waals surface area contributed by atoms with E-state index in [-0.39, 0.29) is 17.9 Å². The van der Waals surface area contributed by atoms with Crippen LogP contribution in [0.25, 0.3) is 0 Å². The number of ether oxygens (including phenoxy) is 2. The predicted octanol–water partition coefficient (Wildman–Crippen LogP) is 2.16. The van der Waals surface area contributed by atoms with Crippen molar-refractivity contribution in [3.63, 3.8) is 0 Å². The quantitative estimate of drug-likeness (QED) is 0.727. The van der Waals surface area contributed by atoms with Crippen LogP contribution >= 0.6 is 0 Å². The van der Waals surface area contributed by atoms with E-state index in [4.69, 9.17) is 9.47 Å². The van der Waals surface area contributed by atoms with Crippen molar-refractivity contribution < 1.29 is 14.3 Å². The van der Waals surface area contributed by atoms with Gasteiger partial charge in [-0.05, 0) is 19.3 Å². The van der Waals surface area contributed by atoms with E-state index in [9.17, 15) is 4.79 Å². The van der Waals surface area contributed by atoms with Gasteiger partial charge in [0.25, 0.3) is 0 Å². The molecule has 1 atom stereocenters. The molecule has 5 heteroatoms. The van der Waals surface area contributed by atoms with Crippen LogP contribution in [-0.2, 0) is 9.47 Å². The van der Waals surface area contributed by atoms with Crippen molar-refractivity contribution in [3.8, 4) is 0 Å². The van der Waals surface area contributed by atoms with Gasteiger partial charge in [-0.15, -0.1) is 0 Å². The Morgan fingerprint density at radius 1 is 1.26 bits per heavy atom. The Labute approximate surface area is 115 Å². The molecule has 5 nitrogen and oxygen atoms in total. The molecule has 1 saturated carbocycles. The van der Waals surface area contributed by atoms with Crippen LogP contribution < -0.4 is 10.6 Å². The third-order valence-corrected chi connectivity index (χ3v) is 3.84. The third kappa shape index (κ3) is 4.35. The molecule has 1 saturated heterocycles. The van der Waals surface area contributed by atoms with Crippen LogP contribution in [0.1, 0.15) is 51.9 Å². The number of carbonyl (C=O) groups excluding carboxylic acids is 1. The average Bonchev–Trinajstić information content (AvgIpc) is 3.03. The first-order valence-electron chi connectivity index (χ1n) is 7.57. The maximum atomic E-state index is 11.6. The molecule has 2 aliphatic rings. The minimum Gasteiger partial charge on any atom is -0.347 e. The second-order valence-corrected chi connectivity index (χ2v) is 5.51. The van der Waals surface area contributed by atoms with Gasteiger partial charge in [0, 0.05) is 25.9 Å². The number of urea groups is 1. The normalized spacial score (nSPS) is 24.8. The van der Waals surface area contributed by atoms with Gasteiger partial charge in [-0.2, -0.15) is 0 Å². The van der Waals surface area contributed by atoms with Crippen molar-refractivity contribution in [1.29, 1.82) is 0 Å². The van der Waals surface area contributed by atoms with Crippen LogP contribution in [0.2, 0.25) is 0 Å². The molecule has 0 unspecified atom stereocenters. The molecular formula is C14H26N2O3. The Hall–Kier alpha value is -0.810. The van der Waals surface area contributed by atoms with Gasteiger partial charge in [0.15, 0.2) is 5.79 Å². The Bertz CT molecular complexity index is 290. The summed E-state index contributed by atoms with van der Waals surface area (Å²) >= 11 is 0. The third-order valence-electron chi connectivity index (χ3n) is 3.84. The highest BCUT2D eigenvalue weighted by atomic mass is 16.7. The van der Waals surface area contributed by atoms with Crippen molar-refractivity contribution in [2.45, 2.75) is 63.8 Å². The molecule has 1 heterocycles. The van der Waals surface area contributed by atoms with Crippen LogP contribution in [0.5, 0.6) is 0 Å². The number of hydrogen-bond donors (Lipinski definition) is 2. The lowest BCUT2D eigenvalue weighted by molar-refractivity contribution is -0.160. The summed E-state index contributed by atoms with van der Waals surface area (Å²) < 4.78 is 11.7. The number of nitrogens with one attached hydrogen (secondary N) is 2. The molecule has 0 aromatic rings. The molecule has 2 N–H and O–H groups in total. The topological polar surface area (TPSA) is 59.6 Å². The molecule has 0 radical (unpaired) electrons. The molecule has 0 bridgehead atoms. The highest BCUT2D eigenvalue weighted by Crippen LogP contribution is 2.38. The van der Waals surface area contributed by atoms with Crippen molar-refractivity contribution in [3.05, 3.63) is 0 Å². The maximum absolute atomic E-state index is 11.6. The maximum Gasteiger partial charge on any atom is 0.314 e. The Kier molecular flexibility index (Phi) is 5.45. The van der Waals surface area contributed by atoms with Gasteiger partial charge in [0.1, 0.15) is 6.10 Å². The van der Waals surface area contributed by atoms with Gasteiger partial charge >= 0.3 is 6.03 Å². The Morgan fingerprint density at radius 2 is 2.05 bits per heavy atom. The average molecular weight is 270 g/mol. The molecule has 0 aromatic heterocycles. The van der Waals surface area contributed by atoms with Crippen LogP contribution in [0.3, 0.4) is 0 Å². The lowest BCUT2D eigenvalue weighted by atomic mass is 10.2. The Morgan fingerprint density at radius 3 is 2.79 bits per heavy atom. The standard InChI is InChI=1S/C14H26N2O3/c1-2-3-6-9-15-13(17)16-10-12-11-18-14(19-12)7-4-5-8-14/h12H,2-11H2,1H3,(H2,15,16,17)/t12-/m1/s1. The second kappa shape index (κ2) is 7.10. The zero-order valence-corrected chi connectivity index (χ0v) is 11.9. The minimum absolute atomic E-state index is 0.000471. The summed E-state index contributed by atoms with van der Waals surface area (Å²) in [5, 5.41) is 5.71. The molecule has 2 amide bonds. The largest absolute Gasteiger partial charge is 0.347 e. The molecule has 1 spiro atoms. The molecule has 2 fully saturated rings. The second-order valence-electron chi connectivity index (χ2n) is 5.51. The van der Waals surface area contributed by atoms with E-state index in [2.05, 4.69) is 17.6 Å². The number of hydrogen-bond acceptors (Lipinski definition) is 3. The lowest BCUT2D eigenvalue weighted by Gasteiger charge is -2.21. The predicted molar refractivity (Wildman–Crippen MR) is 73.0 cm³/mol. The first-order chi connectivity index (χ1) is 9.24. The lowest BCUT2D eigenvalue weighted by Crippen LogP contribution is -2.41. The van der Waals surface area contributed by atoms with E-state index in [1.54, 1.807) is 0 Å². The number of carbonyl (C=O) groups is 1. The molecule has 2 rings (SSSR count). The van der Waals surface area contributed by atoms with Crippen LogP contribution in [0, 0.1) is 0 Å². The van der Waals surface area contributed by atoms with E-state index < -0.39 is 0 Å². The van der Waals surface area contributed by atoms with Gasteiger partial charge in [0.05, 0.1) is 6.61 Å². The van der Waals surface area contributed by atoms with Crippen molar-refractivity contribution in [2.75, 3.05) is 19.7 Å². The zero-order valence-electron chi connectivity index (χ0n) is 11.9. The Balaban J connectivity index is 1.57. The summed E-state index contributed by atoms with van der Waals surface area (Å²) in [6.45, 7) is 4.01. The smallest absolute Gasteiger partial charge is 0.314 e. The van der Waals surface area contributed by atoms with E-state index >= 15 is 0 Å². The fourth-order valence-corrected chi connectivity index (χ4v) is 2.74. The molecular weight excluding hydrogens is 244 g/mol. The van der Waals surface area contributed by atoms with Crippen LogP contribution in [-0.4, -0.2) is 37.6 Å². The van der Waals surface area contributed by atoms with E-state index in [0.29, 0.717) is 13.2 Å². The molecule has 1 aliphatic heterocycles. The zero-order chi connectivity index (χ0) is 13.6. The molecule has 19 heavy (non-hydrogen) atoms. The summed E-state index contributed by atoms with van der Waals surface area (Å²) in [5.41, 5.74) is 0. The van der Waals surface area contributed by atoms with Crippen molar-refractivity contribution in [2.24, 2.45) is 0 Å². The summed E-state index contributed by atoms with van der Waals surface area (Å²) in [4.78, 5) is 11.6. The number of amides is 2. The summed E-state index contributed by atoms with van der Waals surface area (Å²) in [6.07, 6.45) is 7.70. The summed E-state index contributed by atoms with van der Waals surface area (Å²) in [6, 6.07) is -0.105. The summed E-state index contributed by atoms with van der Waals surface area (Å²) in [7, 11) is 0. The molecule has 1 aliphatic carbocycles. The van der Waals surface area contributed by atoms with Gasteiger partial charge in [0.2, 0.25) is 0 Å². The monoisotopic (exact) mass is 270 g/mol. The fourth-order valence-electron chi connectivity index (χ4n) is 2.74. The molecule has 110 valence electrons. The van der Waals surface area contributed by atoms with Gasteiger partial charge in [-0.25, -0.2) is 4.79 Å². The SMILES string of the molecule is CCCCCNC(=O)NC[C@@H]1COC2(CCCC2)O1. The highest BCUT2D eigenvalue weighted by molar-refractivity contribution is 5.73. The fraction of sp³-hybridized carbons (Fsp3) is 0.929. The van der Waals surface area contributed by atoms with Crippen LogP contribution in [0.15, 0.2) is 0 Å². The first kappa shape index (κ1) is 14.6. The minimum atomic E-state index is -0.329. The van der Waals surface area contributed by atoms with E-state index in [1.807, 2.05) is 0 Å². The van der Waals surface area contributed by atoms with Crippen LogP contribution in [0.4, 0.5) is 4.79 Å². The van der Waals surface area contributed by atoms with Gasteiger partial charge in [-0.3, -0.25) is 0 Å². The van der Waals surface area contributed by atoms with Crippen molar-refractivity contribution >= 4 is 6.03 Å². The van der Waals surface area contributed by atoms with Gasteiger partial charge in [-0.1, -0.05) is 19.8 Å². The number of unbranched alkanes of at least 4 members (excludes halogenated alkanes) is 2. The molecule has 0 aromatic carbocycles. The summed E-state index contributed by atoms with van der Waals surface area (Å²) in [5.74, 6) is -0.329. The number of rotatable bonds is 6. The van der Waals surface area contributed by atoms with E-state index in [0.717, 1.165) is 32.2 Å². The van der Waals surface area contributed by atoms with Gasteiger partial charge < -0.3 is 20.1 Å². The van der Waals surface area contributed by atoms with Crippen molar-refractivity contribution in [1.82, 2.24) is 10.6 Å². The highest BCUT2D eigenvalue weighted by Gasteiger charge is 2.43. The first-order valence-corrected chi connectivity index (χ1v) is 7.57.